The van der Waals surface area contributed by atoms with Gasteiger partial charge in [0.25, 0.3) is 0 Å². The average Bonchev–Trinajstić information content (AvgIpc) is 3.84. The van der Waals surface area contributed by atoms with Crippen LogP contribution in [0.4, 0.5) is 26.3 Å². The van der Waals surface area contributed by atoms with Crippen molar-refractivity contribution in [3.05, 3.63) is 138 Å². The van der Waals surface area contributed by atoms with Crippen LogP contribution in [0.3, 0.4) is 0 Å². The van der Waals surface area contributed by atoms with Crippen molar-refractivity contribution in [2.45, 2.75) is 84.5 Å². The molecule has 1 N–H and O–H groups in total. The first-order chi connectivity index (χ1) is 28.6. The van der Waals surface area contributed by atoms with Crippen LogP contribution in [-0.2, 0) is 45.0 Å². The van der Waals surface area contributed by atoms with Crippen molar-refractivity contribution in [2.24, 2.45) is 0 Å². The van der Waals surface area contributed by atoms with E-state index in [0.717, 1.165) is 83.9 Å². The van der Waals surface area contributed by atoms with E-state index in [0.29, 0.717) is 60.1 Å². The molecule has 6 nitrogen and oxygen atoms in total. The van der Waals surface area contributed by atoms with Gasteiger partial charge in [-0.15, -0.1) is 22.7 Å². The third kappa shape index (κ3) is 14.8. The summed E-state index contributed by atoms with van der Waals surface area (Å²) in [7, 11) is 0. The number of carbonyl (C=O) groups excluding carboxylic acids is 1. The van der Waals surface area contributed by atoms with E-state index in [9.17, 15) is 36.2 Å². The van der Waals surface area contributed by atoms with Gasteiger partial charge in [0, 0.05) is 30.1 Å². The molecule has 3 radical (unpaired) electrons. The van der Waals surface area contributed by atoms with Gasteiger partial charge >= 0.3 is 41.9 Å². The molecule has 2 heterocycles. The SMILES string of the molecule is CCCCc1nc(-c2ccc(C(F)(F)F)cc2)sc1COc1ccc(C=O)c(Cl)c1.CCCCc1nc(-c2ccc(C(F)(F)F)cc2)sc1COc1ccc(CO)c(Cl)c1.[B].[H-].[Na+]. The predicted molar refractivity (Wildman–Crippen MR) is 232 cm³/mol. The summed E-state index contributed by atoms with van der Waals surface area (Å²) >= 11 is 15.0. The van der Waals surface area contributed by atoms with Crippen LogP contribution in [0.15, 0.2) is 84.9 Å². The number of aromatic nitrogens is 2. The Bertz CT molecular complexity index is 2350. The number of hydrogen-bond acceptors (Lipinski definition) is 8. The minimum atomic E-state index is -4.37. The molecular weight excluding hydrogens is 903 g/mol. The molecule has 0 atom stereocenters. The topological polar surface area (TPSA) is 81.5 Å². The summed E-state index contributed by atoms with van der Waals surface area (Å²) in [6, 6.07) is 20.0. The van der Waals surface area contributed by atoms with Gasteiger partial charge in [-0.1, -0.05) is 80.2 Å². The normalized spacial score (nSPS) is 11.2. The molecule has 0 unspecified atom stereocenters. The number of rotatable bonds is 16. The molecule has 0 saturated carbocycles. The number of carbonyl (C=O) groups is 1. The van der Waals surface area contributed by atoms with Gasteiger partial charge in [0.2, 0.25) is 0 Å². The molecule has 18 heteroatoms. The molecule has 0 aliphatic rings. The van der Waals surface area contributed by atoms with E-state index in [-0.39, 0.29) is 59.2 Å². The Kier molecular flexibility index (Phi) is 21.0. The van der Waals surface area contributed by atoms with Crippen LogP contribution >= 0.6 is 45.9 Å². The zero-order valence-electron chi connectivity index (χ0n) is 35.0. The van der Waals surface area contributed by atoms with Gasteiger partial charge in [-0.25, -0.2) is 9.97 Å². The maximum absolute atomic E-state index is 12.8. The number of aliphatic hydroxyl groups is 1. The van der Waals surface area contributed by atoms with E-state index in [1.807, 2.05) is 0 Å². The van der Waals surface area contributed by atoms with Crippen molar-refractivity contribution in [3.8, 4) is 32.6 Å². The number of aldehydes is 1. The number of hydrogen-bond donors (Lipinski definition) is 1. The van der Waals surface area contributed by atoms with Crippen LogP contribution in [0, 0.1) is 0 Å². The molecule has 4 aromatic carbocycles. The van der Waals surface area contributed by atoms with Crippen molar-refractivity contribution < 1.29 is 76.7 Å². The number of ether oxygens (including phenoxy) is 2. The van der Waals surface area contributed by atoms with Crippen molar-refractivity contribution in [1.29, 1.82) is 0 Å². The number of alkyl halides is 6. The van der Waals surface area contributed by atoms with Gasteiger partial charge < -0.3 is 16.0 Å². The molecule has 2 aromatic heterocycles. The molecule has 6 rings (SSSR count). The van der Waals surface area contributed by atoms with Crippen LogP contribution in [0.5, 0.6) is 11.5 Å². The molecule has 0 bridgehead atoms. The average molecular weight is 945 g/mol. The smallest absolute Gasteiger partial charge is 1.00 e. The molecule has 0 saturated heterocycles. The van der Waals surface area contributed by atoms with E-state index in [1.54, 1.807) is 36.4 Å². The third-order valence-corrected chi connectivity index (χ3v) is 12.0. The first-order valence-electron chi connectivity index (χ1n) is 18.8. The number of benzene rings is 4. The standard InChI is InChI=1S/C22H21ClF3NO2S.C22H19ClF3NO2S.B.Na.H/c2*1-2-3-4-19-20(13-29-17-10-7-15(12-28)18(23)11-17)30-21(27-19)14-5-8-16(9-6-14)22(24,25)26;;;/h5-11,28H,2-4,12-13H2,1H3;5-12H,2-4,13H2,1H3;;;/q;;;+1;-1. The predicted octanol–water partition coefficient (Wildman–Crippen LogP) is 10.8. The van der Waals surface area contributed by atoms with Crippen LogP contribution in [0.25, 0.3) is 21.1 Å². The van der Waals surface area contributed by atoms with Crippen LogP contribution in [-0.4, -0.2) is 29.8 Å². The molecule has 62 heavy (non-hydrogen) atoms. The Morgan fingerprint density at radius 2 is 1.10 bits per heavy atom. The van der Waals surface area contributed by atoms with Crippen molar-refractivity contribution >= 4 is 60.6 Å². The third-order valence-electron chi connectivity index (χ3n) is 9.04. The van der Waals surface area contributed by atoms with Gasteiger partial charge in [0.1, 0.15) is 34.7 Å². The molecule has 0 aliphatic heterocycles. The number of aryl methyl sites for hydroxylation is 2. The van der Waals surface area contributed by atoms with Gasteiger partial charge in [-0.3, -0.25) is 4.79 Å². The Labute approximate surface area is 400 Å². The molecule has 0 spiro atoms. The summed E-state index contributed by atoms with van der Waals surface area (Å²) in [5.41, 5.74) is 2.70. The summed E-state index contributed by atoms with van der Waals surface area (Å²) in [5.74, 6) is 1.10. The van der Waals surface area contributed by atoms with Crippen LogP contribution in [0.2, 0.25) is 10.0 Å². The number of unbranched alkanes of at least 4 members (excludes halogenated alkanes) is 2. The van der Waals surface area contributed by atoms with Crippen molar-refractivity contribution in [3.63, 3.8) is 0 Å². The van der Waals surface area contributed by atoms with Crippen molar-refractivity contribution in [2.75, 3.05) is 0 Å². The molecule has 323 valence electrons. The first kappa shape index (κ1) is 52.9. The fraction of sp³-hybridized carbons (Fsp3) is 0.295. The summed E-state index contributed by atoms with van der Waals surface area (Å²) in [5, 5.41) is 11.3. The Morgan fingerprint density at radius 1 is 0.677 bits per heavy atom. The first-order valence-corrected chi connectivity index (χ1v) is 21.2. The number of halogens is 8. The molecule has 0 fully saturated rings. The van der Waals surface area contributed by atoms with Crippen LogP contribution in [0.1, 0.15) is 89.1 Å². The second-order valence-electron chi connectivity index (χ2n) is 13.4. The van der Waals surface area contributed by atoms with Gasteiger partial charge in [0.15, 0.2) is 6.29 Å². The summed E-state index contributed by atoms with van der Waals surface area (Å²) in [4.78, 5) is 22.0. The maximum Gasteiger partial charge on any atom is 1.00 e. The van der Waals surface area contributed by atoms with E-state index >= 15 is 0 Å². The summed E-state index contributed by atoms with van der Waals surface area (Å²) in [6.07, 6.45) is -2.61. The largest absolute Gasteiger partial charge is 1.00 e. The summed E-state index contributed by atoms with van der Waals surface area (Å²) < 4.78 is 88.6. The molecule has 0 amide bonds. The zero-order valence-corrected chi connectivity index (χ0v) is 39.2. The number of aliphatic hydroxyl groups excluding tert-OH is 1. The minimum absolute atomic E-state index is 0. The Morgan fingerprint density at radius 3 is 1.45 bits per heavy atom. The van der Waals surface area contributed by atoms with E-state index in [4.69, 9.17) is 32.7 Å². The Hall–Kier alpha value is -3.41. The Balaban J connectivity index is 0.000000414. The molecule has 0 aliphatic carbocycles. The second kappa shape index (κ2) is 24.6. The second-order valence-corrected chi connectivity index (χ2v) is 16.4. The summed E-state index contributed by atoms with van der Waals surface area (Å²) in [6.45, 7) is 4.56. The van der Waals surface area contributed by atoms with E-state index < -0.39 is 23.5 Å². The number of thiazole rings is 2. The fourth-order valence-corrected chi connectivity index (χ4v) is 8.16. The van der Waals surface area contributed by atoms with Crippen LogP contribution < -0.4 is 39.0 Å². The van der Waals surface area contributed by atoms with Gasteiger partial charge in [0.05, 0.1) is 43.9 Å². The monoisotopic (exact) mass is 943 g/mol. The maximum atomic E-state index is 12.8. The van der Waals surface area contributed by atoms with Gasteiger partial charge in [-0.2, -0.15) is 26.3 Å². The van der Waals surface area contributed by atoms with Crippen molar-refractivity contribution in [1.82, 2.24) is 9.97 Å². The number of nitrogens with zero attached hydrogens (tertiary/aromatic N) is 2. The van der Waals surface area contributed by atoms with E-state index in [2.05, 4.69) is 23.8 Å². The van der Waals surface area contributed by atoms with E-state index in [1.165, 1.54) is 46.9 Å². The molecule has 6 aromatic rings. The quantitative estimate of drug-likeness (QED) is 0.0591. The molecular formula is C44H41BCl2F6N2NaO4S2. The van der Waals surface area contributed by atoms with Gasteiger partial charge in [-0.05, 0) is 85.8 Å². The zero-order chi connectivity index (χ0) is 43.5. The minimum Gasteiger partial charge on any atom is -1.00 e. The fourth-order valence-electron chi connectivity index (χ4n) is 5.66.